The van der Waals surface area contributed by atoms with E-state index in [1.165, 1.54) is 0 Å². The molecule has 0 saturated heterocycles. The molecule has 0 aliphatic carbocycles. The molecule has 94 valence electrons. The van der Waals surface area contributed by atoms with Crippen molar-refractivity contribution in [2.45, 2.75) is 6.54 Å². The fourth-order valence-corrected chi connectivity index (χ4v) is 2.96. The van der Waals surface area contributed by atoms with Crippen LogP contribution in [0.1, 0.15) is 15.9 Å². The molecular formula is C12H10Cl2N2OS. The first-order chi connectivity index (χ1) is 8.61. The standard InChI is InChI=1S/C12H10Cl2N2OS/c13-10-5-8(11(14)18-10)12(17)16-9-4-2-1-3-7(9)6-15/h1-5H,6,15H2,(H,16,17). The summed E-state index contributed by atoms with van der Waals surface area (Å²) in [5, 5.41) is 2.78. The molecule has 18 heavy (non-hydrogen) atoms. The molecule has 1 aromatic heterocycles. The van der Waals surface area contributed by atoms with Gasteiger partial charge in [0.15, 0.2) is 0 Å². The van der Waals surface area contributed by atoms with Crippen LogP contribution in [0.3, 0.4) is 0 Å². The van der Waals surface area contributed by atoms with E-state index in [0.29, 0.717) is 26.5 Å². The second kappa shape index (κ2) is 5.71. The number of anilines is 1. The molecule has 3 nitrogen and oxygen atoms in total. The molecule has 0 spiro atoms. The van der Waals surface area contributed by atoms with Gasteiger partial charge in [0.2, 0.25) is 0 Å². The predicted molar refractivity (Wildman–Crippen MR) is 76.6 cm³/mol. The van der Waals surface area contributed by atoms with Crippen molar-refractivity contribution >= 4 is 46.1 Å². The highest BCUT2D eigenvalue weighted by molar-refractivity contribution is 7.20. The topological polar surface area (TPSA) is 55.1 Å². The highest BCUT2D eigenvalue weighted by atomic mass is 35.5. The van der Waals surface area contributed by atoms with Crippen molar-refractivity contribution in [3.05, 3.63) is 50.1 Å². The number of amides is 1. The SMILES string of the molecule is NCc1ccccc1NC(=O)c1cc(Cl)sc1Cl. The third-order valence-electron chi connectivity index (χ3n) is 2.39. The zero-order chi connectivity index (χ0) is 13.1. The van der Waals surface area contributed by atoms with Crippen LogP contribution in [0.15, 0.2) is 30.3 Å². The molecule has 0 unspecified atom stereocenters. The lowest BCUT2D eigenvalue weighted by molar-refractivity contribution is 0.102. The number of thiophene rings is 1. The third-order valence-corrected chi connectivity index (χ3v) is 3.87. The maximum Gasteiger partial charge on any atom is 0.258 e. The van der Waals surface area contributed by atoms with Gasteiger partial charge in [0.1, 0.15) is 4.34 Å². The maximum absolute atomic E-state index is 12.0. The second-order valence-corrected chi connectivity index (χ2v) is 5.84. The highest BCUT2D eigenvalue weighted by Crippen LogP contribution is 2.31. The van der Waals surface area contributed by atoms with Crippen LogP contribution in [0.25, 0.3) is 0 Å². The largest absolute Gasteiger partial charge is 0.326 e. The van der Waals surface area contributed by atoms with Gasteiger partial charge >= 0.3 is 0 Å². The summed E-state index contributed by atoms with van der Waals surface area (Å²) in [7, 11) is 0. The number of benzene rings is 1. The number of carbonyl (C=O) groups excluding carboxylic acids is 1. The lowest BCUT2D eigenvalue weighted by Crippen LogP contribution is -2.13. The smallest absolute Gasteiger partial charge is 0.258 e. The molecule has 0 atom stereocenters. The number of nitrogens with two attached hydrogens (primary N) is 1. The number of nitrogens with one attached hydrogen (secondary N) is 1. The van der Waals surface area contributed by atoms with Crippen molar-refractivity contribution in [3.8, 4) is 0 Å². The molecule has 0 aliphatic heterocycles. The predicted octanol–water partition coefficient (Wildman–Crippen LogP) is 3.77. The Hall–Kier alpha value is -1.07. The second-order valence-electron chi connectivity index (χ2n) is 3.55. The van der Waals surface area contributed by atoms with Gasteiger partial charge < -0.3 is 11.1 Å². The normalized spacial score (nSPS) is 10.4. The maximum atomic E-state index is 12.0. The van der Waals surface area contributed by atoms with Crippen molar-refractivity contribution in [1.29, 1.82) is 0 Å². The number of rotatable bonds is 3. The lowest BCUT2D eigenvalue weighted by atomic mass is 10.1. The van der Waals surface area contributed by atoms with Gasteiger partial charge in [-0.15, -0.1) is 11.3 Å². The van der Waals surface area contributed by atoms with Crippen LogP contribution in [-0.2, 0) is 6.54 Å². The van der Waals surface area contributed by atoms with Crippen LogP contribution < -0.4 is 11.1 Å². The summed E-state index contributed by atoms with van der Waals surface area (Å²) in [4.78, 5) is 12.0. The first kappa shape index (κ1) is 13.4. The van der Waals surface area contributed by atoms with Gasteiger partial charge in [-0.1, -0.05) is 41.4 Å². The number of halogens is 2. The summed E-state index contributed by atoms with van der Waals surface area (Å²) < 4.78 is 0.861. The first-order valence-corrected chi connectivity index (χ1v) is 6.73. The van der Waals surface area contributed by atoms with Gasteiger partial charge in [0.05, 0.1) is 9.90 Å². The van der Waals surface area contributed by atoms with Gasteiger partial charge in [-0.3, -0.25) is 4.79 Å². The van der Waals surface area contributed by atoms with Crippen molar-refractivity contribution < 1.29 is 4.79 Å². The van der Waals surface area contributed by atoms with Crippen molar-refractivity contribution in [2.24, 2.45) is 5.73 Å². The van der Waals surface area contributed by atoms with Gasteiger partial charge in [0, 0.05) is 12.2 Å². The van der Waals surface area contributed by atoms with Gasteiger partial charge in [-0.2, -0.15) is 0 Å². The van der Waals surface area contributed by atoms with Crippen LogP contribution in [-0.4, -0.2) is 5.91 Å². The molecule has 0 aliphatic rings. The van der Waals surface area contributed by atoms with Crippen molar-refractivity contribution in [2.75, 3.05) is 5.32 Å². The van der Waals surface area contributed by atoms with Crippen LogP contribution in [0, 0.1) is 0 Å². The zero-order valence-electron chi connectivity index (χ0n) is 9.24. The minimum Gasteiger partial charge on any atom is -0.326 e. The highest BCUT2D eigenvalue weighted by Gasteiger charge is 2.15. The molecule has 0 bridgehead atoms. The van der Waals surface area contributed by atoms with E-state index in [2.05, 4.69) is 5.32 Å². The van der Waals surface area contributed by atoms with Crippen LogP contribution >= 0.6 is 34.5 Å². The number of hydrogen-bond donors (Lipinski definition) is 2. The minimum absolute atomic E-state index is 0.288. The van der Waals surface area contributed by atoms with E-state index in [0.717, 1.165) is 16.9 Å². The van der Waals surface area contributed by atoms with E-state index in [4.69, 9.17) is 28.9 Å². The Balaban J connectivity index is 2.24. The van der Waals surface area contributed by atoms with Crippen LogP contribution in [0.4, 0.5) is 5.69 Å². The monoisotopic (exact) mass is 300 g/mol. The number of para-hydroxylation sites is 1. The molecule has 6 heteroatoms. The fraction of sp³-hybridized carbons (Fsp3) is 0.0833. The first-order valence-electron chi connectivity index (χ1n) is 5.16. The Kier molecular flexibility index (Phi) is 4.24. The quantitative estimate of drug-likeness (QED) is 0.906. The van der Waals surface area contributed by atoms with Crippen molar-refractivity contribution in [3.63, 3.8) is 0 Å². The summed E-state index contributed by atoms with van der Waals surface area (Å²) in [5.41, 5.74) is 7.52. The van der Waals surface area contributed by atoms with E-state index in [1.54, 1.807) is 12.1 Å². The Morgan fingerprint density at radius 2 is 2.06 bits per heavy atom. The number of hydrogen-bond acceptors (Lipinski definition) is 3. The average Bonchev–Trinajstić information content (AvgIpc) is 2.69. The zero-order valence-corrected chi connectivity index (χ0v) is 11.6. The molecule has 0 saturated carbocycles. The van der Waals surface area contributed by atoms with E-state index in [1.807, 2.05) is 18.2 Å². The van der Waals surface area contributed by atoms with E-state index >= 15 is 0 Å². The molecule has 2 aromatic rings. The van der Waals surface area contributed by atoms with Gasteiger partial charge in [-0.05, 0) is 17.7 Å². The van der Waals surface area contributed by atoms with Crippen molar-refractivity contribution in [1.82, 2.24) is 0 Å². The molecule has 0 radical (unpaired) electrons. The number of carbonyl (C=O) groups is 1. The molecule has 1 aromatic carbocycles. The molecule has 1 heterocycles. The Labute approximate surface area is 119 Å². The molecule has 1 amide bonds. The van der Waals surface area contributed by atoms with Crippen LogP contribution in [0.5, 0.6) is 0 Å². The van der Waals surface area contributed by atoms with E-state index in [-0.39, 0.29) is 5.91 Å². The molecular weight excluding hydrogens is 291 g/mol. The Bertz CT molecular complexity index is 583. The Morgan fingerprint density at radius 3 is 2.67 bits per heavy atom. The summed E-state index contributed by atoms with van der Waals surface area (Å²) in [6.45, 7) is 0.356. The Morgan fingerprint density at radius 1 is 1.33 bits per heavy atom. The van der Waals surface area contributed by atoms with Gasteiger partial charge in [0.25, 0.3) is 5.91 Å². The molecule has 2 rings (SSSR count). The van der Waals surface area contributed by atoms with Crippen LogP contribution in [0.2, 0.25) is 8.67 Å². The summed E-state index contributed by atoms with van der Waals surface area (Å²) >= 11 is 12.9. The molecule has 0 fully saturated rings. The summed E-state index contributed by atoms with van der Waals surface area (Å²) in [6, 6.07) is 8.90. The lowest BCUT2D eigenvalue weighted by Gasteiger charge is -2.08. The third kappa shape index (κ3) is 2.84. The van der Waals surface area contributed by atoms with Gasteiger partial charge in [-0.25, -0.2) is 0 Å². The minimum atomic E-state index is -0.288. The average molecular weight is 301 g/mol. The summed E-state index contributed by atoms with van der Waals surface area (Å²) in [5.74, 6) is -0.288. The molecule has 3 N–H and O–H groups in total. The fourth-order valence-electron chi connectivity index (χ4n) is 1.50. The van der Waals surface area contributed by atoms with E-state index < -0.39 is 0 Å². The summed E-state index contributed by atoms with van der Waals surface area (Å²) in [6.07, 6.45) is 0. The van der Waals surface area contributed by atoms with E-state index in [9.17, 15) is 4.79 Å².